The molecule has 0 radical (unpaired) electrons. The van der Waals surface area contributed by atoms with Crippen molar-refractivity contribution in [2.24, 2.45) is 0 Å². The number of nitrogens with zero attached hydrogens (tertiary/aromatic N) is 3. The Morgan fingerprint density at radius 1 is 1.24 bits per heavy atom. The second-order valence-corrected chi connectivity index (χ2v) is 6.07. The van der Waals surface area contributed by atoms with Crippen LogP contribution in [0, 0.1) is 6.92 Å². The first-order chi connectivity index (χ1) is 10.2. The van der Waals surface area contributed by atoms with Crippen LogP contribution in [0.15, 0.2) is 10.6 Å². The van der Waals surface area contributed by atoms with E-state index in [9.17, 15) is 4.79 Å². The predicted molar refractivity (Wildman–Crippen MR) is 80.3 cm³/mol. The Morgan fingerprint density at radius 2 is 1.95 bits per heavy atom. The molecule has 1 aliphatic heterocycles. The number of aromatic nitrogens is 1. The normalized spacial score (nSPS) is 21.5. The van der Waals surface area contributed by atoms with E-state index in [2.05, 4.69) is 15.4 Å². The van der Waals surface area contributed by atoms with Gasteiger partial charge in [0.2, 0.25) is 0 Å². The third-order valence-electron chi connectivity index (χ3n) is 4.56. The molecule has 1 aliphatic carbocycles. The molecule has 0 bridgehead atoms. The maximum absolute atomic E-state index is 12.2. The molecule has 2 aliphatic rings. The fourth-order valence-corrected chi connectivity index (χ4v) is 3.35. The molecular formula is C15H24N4O2. The fraction of sp³-hybridized carbons (Fsp3) is 0.733. The van der Waals surface area contributed by atoms with E-state index < -0.39 is 0 Å². The van der Waals surface area contributed by atoms with Gasteiger partial charge in [0.25, 0.3) is 0 Å². The Bertz CT molecular complexity index is 474. The van der Waals surface area contributed by atoms with Crippen molar-refractivity contribution in [1.29, 1.82) is 0 Å². The molecule has 0 spiro atoms. The highest BCUT2D eigenvalue weighted by atomic mass is 16.5. The molecule has 2 amide bonds. The zero-order valence-electron chi connectivity index (χ0n) is 12.7. The number of rotatable bonds is 2. The molecule has 2 fully saturated rings. The predicted octanol–water partition coefficient (Wildman–Crippen LogP) is 2.47. The maximum Gasteiger partial charge on any atom is 0.323 e. The first-order valence-electron chi connectivity index (χ1n) is 7.95. The zero-order valence-corrected chi connectivity index (χ0v) is 12.7. The van der Waals surface area contributed by atoms with Gasteiger partial charge in [0.15, 0.2) is 5.82 Å². The second kappa shape index (κ2) is 6.47. The van der Waals surface area contributed by atoms with Gasteiger partial charge < -0.3 is 9.42 Å². The van der Waals surface area contributed by atoms with Gasteiger partial charge in [0, 0.05) is 38.3 Å². The van der Waals surface area contributed by atoms with E-state index >= 15 is 0 Å². The number of urea groups is 1. The highest BCUT2D eigenvalue weighted by Gasteiger charge is 2.27. The summed E-state index contributed by atoms with van der Waals surface area (Å²) in [7, 11) is 0. The number of hydrogen-bond acceptors (Lipinski definition) is 4. The van der Waals surface area contributed by atoms with Gasteiger partial charge in [-0.25, -0.2) is 4.79 Å². The van der Waals surface area contributed by atoms with E-state index in [4.69, 9.17) is 4.52 Å². The van der Waals surface area contributed by atoms with E-state index in [1.807, 2.05) is 11.8 Å². The van der Waals surface area contributed by atoms with Crippen molar-refractivity contribution in [2.75, 3.05) is 31.5 Å². The summed E-state index contributed by atoms with van der Waals surface area (Å²) in [6.07, 6.45) is 6.75. The van der Waals surface area contributed by atoms with Crippen molar-refractivity contribution in [3.8, 4) is 0 Å². The van der Waals surface area contributed by atoms with Crippen LogP contribution < -0.4 is 5.32 Å². The molecule has 1 aromatic heterocycles. The van der Waals surface area contributed by atoms with Crippen molar-refractivity contribution in [3.05, 3.63) is 11.8 Å². The first-order valence-corrected chi connectivity index (χ1v) is 7.95. The number of hydrogen-bond donors (Lipinski definition) is 1. The number of nitrogens with one attached hydrogen (secondary N) is 1. The summed E-state index contributed by atoms with van der Waals surface area (Å²) in [5, 5.41) is 6.59. The minimum absolute atomic E-state index is 0.0772. The highest BCUT2D eigenvalue weighted by Crippen LogP contribution is 2.23. The molecule has 1 N–H and O–H groups in total. The Balaban J connectivity index is 1.47. The smallest absolute Gasteiger partial charge is 0.323 e. The molecule has 0 atom stereocenters. The van der Waals surface area contributed by atoms with E-state index in [-0.39, 0.29) is 6.03 Å². The number of anilines is 1. The van der Waals surface area contributed by atoms with Crippen LogP contribution in [0.25, 0.3) is 0 Å². The quantitative estimate of drug-likeness (QED) is 0.909. The lowest BCUT2D eigenvalue weighted by atomic mass is 9.94. The van der Waals surface area contributed by atoms with Gasteiger partial charge in [-0.1, -0.05) is 24.4 Å². The van der Waals surface area contributed by atoms with Crippen LogP contribution in [0.1, 0.15) is 37.9 Å². The van der Waals surface area contributed by atoms with Crippen molar-refractivity contribution < 1.29 is 9.32 Å². The third-order valence-corrected chi connectivity index (χ3v) is 4.56. The van der Waals surface area contributed by atoms with Crippen molar-refractivity contribution in [2.45, 2.75) is 45.1 Å². The van der Waals surface area contributed by atoms with E-state index in [0.29, 0.717) is 11.6 Å². The first kappa shape index (κ1) is 14.4. The van der Waals surface area contributed by atoms with E-state index in [1.54, 1.807) is 6.07 Å². The van der Waals surface area contributed by atoms with Crippen LogP contribution in [-0.4, -0.2) is 53.2 Å². The number of aryl methyl sites for hydroxylation is 1. The number of piperazine rings is 1. The Labute approximate surface area is 125 Å². The van der Waals surface area contributed by atoms with Gasteiger partial charge >= 0.3 is 6.03 Å². The number of carbonyl (C=O) groups excluding carboxylic acids is 1. The van der Waals surface area contributed by atoms with Crippen molar-refractivity contribution >= 4 is 11.8 Å². The van der Waals surface area contributed by atoms with Gasteiger partial charge in [0.1, 0.15) is 5.76 Å². The summed E-state index contributed by atoms with van der Waals surface area (Å²) in [6.45, 7) is 5.36. The molecule has 0 aromatic carbocycles. The molecule has 1 aromatic rings. The third kappa shape index (κ3) is 3.56. The second-order valence-electron chi connectivity index (χ2n) is 6.07. The standard InChI is InChI=1S/C15H24N4O2/c1-12-11-14(17-21-12)16-15(20)19-9-7-18(8-10-19)13-5-3-2-4-6-13/h11,13H,2-10H2,1H3,(H,16,17,20). The summed E-state index contributed by atoms with van der Waals surface area (Å²) < 4.78 is 4.96. The van der Waals surface area contributed by atoms with Crippen LogP contribution in [-0.2, 0) is 0 Å². The van der Waals surface area contributed by atoms with Crippen LogP contribution in [0.5, 0.6) is 0 Å². The van der Waals surface area contributed by atoms with Crippen molar-refractivity contribution in [3.63, 3.8) is 0 Å². The number of carbonyl (C=O) groups is 1. The van der Waals surface area contributed by atoms with Crippen molar-refractivity contribution in [1.82, 2.24) is 15.0 Å². The minimum Gasteiger partial charge on any atom is -0.360 e. The highest BCUT2D eigenvalue weighted by molar-refractivity contribution is 5.88. The minimum atomic E-state index is -0.0772. The molecule has 21 heavy (non-hydrogen) atoms. The average molecular weight is 292 g/mol. The monoisotopic (exact) mass is 292 g/mol. The molecule has 2 heterocycles. The molecule has 1 saturated heterocycles. The zero-order chi connectivity index (χ0) is 14.7. The van der Waals surface area contributed by atoms with Gasteiger partial charge in [0.05, 0.1) is 0 Å². The molecule has 1 saturated carbocycles. The van der Waals surface area contributed by atoms with E-state index in [0.717, 1.165) is 32.2 Å². The fourth-order valence-electron chi connectivity index (χ4n) is 3.35. The summed E-state index contributed by atoms with van der Waals surface area (Å²) >= 11 is 0. The van der Waals surface area contributed by atoms with Gasteiger partial charge in [-0.3, -0.25) is 10.2 Å². The van der Waals surface area contributed by atoms with Crippen LogP contribution in [0.4, 0.5) is 10.6 Å². The summed E-state index contributed by atoms with van der Waals surface area (Å²) in [5.41, 5.74) is 0. The lowest BCUT2D eigenvalue weighted by molar-refractivity contribution is 0.0942. The van der Waals surface area contributed by atoms with Gasteiger partial charge in [-0.2, -0.15) is 0 Å². The van der Waals surface area contributed by atoms with Crippen LogP contribution in [0.2, 0.25) is 0 Å². The molecule has 3 rings (SSSR count). The molecule has 0 unspecified atom stereocenters. The Kier molecular flexibility index (Phi) is 4.43. The Morgan fingerprint density at radius 3 is 2.57 bits per heavy atom. The van der Waals surface area contributed by atoms with Gasteiger partial charge in [-0.15, -0.1) is 0 Å². The SMILES string of the molecule is Cc1cc(NC(=O)N2CCN(C3CCCCC3)CC2)no1. The summed E-state index contributed by atoms with van der Waals surface area (Å²) in [5.74, 6) is 1.19. The van der Waals surface area contributed by atoms with Gasteiger partial charge in [-0.05, 0) is 19.8 Å². The molecule has 116 valence electrons. The molecule has 6 heteroatoms. The lowest BCUT2D eigenvalue weighted by Crippen LogP contribution is -2.53. The largest absolute Gasteiger partial charge is 0.360 e. The number of amides is 2. The van der Waals surface area contributed by atoms with Crippen LogP contribution >= 0.6 is 0 Å². The lowest BCUT2D eigenvalue weighted by Gasteiger charge is -2.40. The summed E-state index contributed by atoms with van der Waals surface area (Å²) in [6, 6.07) is 2.39. The molecule has 6 nitrogen and oxygen atoms in total. The molecular weight excluding hydrogens is 268 g/mol. The topological polar surface area (TPSA) is 61.6 Å². The summed E-state index contributed by atoms with van der Waals surface area (Å²) in [4.78, 5) is 16.6. The maximum atomic E-state index is 12.2. The van der Waals surface area contributed by atoms with E-state index in [1.165, 1.54) is 32.1 Å². The average Bonchev–Trinajstić information content (AvgIpc) is 2.93. The van der Waals surface area contributed by atoms with Crippen LogP contribution in [0.3, 0.4) is 0 Å². The Hall–Kier alpha value is -1.56.